The van der Waals surface area contributed by atoms with Crippen molar-refractivity contribution in [3.63, 3.8) is 0 Å². The lowest BCUT2D eigenvalue weighted by atomic mass is 10.1. The van der Waals surface area contributed by atoms with Crippen LogP contribution in [0.3, 0.4) is 0 Å². The monoisotopic (exact) mass is 508 g/mol. The van der Waals surface area contributed by atoms with Crippen molar-refractivity contribution in [3.05, 3.63) is 89.2 Å². The number of anilines is 2. The second-order valence-corrected chi connectivity index (χ2v) is 10.1. The van der Waals surface area contributed by atoms with E-state index in [2.05, 4.69) is 27.0 Å². The molecule has 8 nitrogen and oxygen atoms in total. The number of hydrogen-bond donors (Lipinski definition) is 4. The number of nitrogens with one attached hydrogen (secondary N) is 3. The number of aromatic nitrogens is 1. The van der Waals surface area contributed by atoms with Crippen LogP contribution in [0.4, 0.5) is 11.5 Å². The molecule has 2 aliphatic heterocycles. The highest BCUT2D eigenvalue weighted by atomic mass is 16.5. The van der Waals surface area contributed by atoms with Crippen LogP contribution in [0.2, 0.25) is 0 Å². The molecule has 1 unspecified atom stereocenters. The Bertz CT molecular complexity index is 1390. The van der Waals surface area contributed by atoms with Gasteiger partial charge in [-0.15, -0.1) is 0 Å². The highest BCUT2D eigenvalue weighted by molar-refractivity contribution is 6.09. The van der Waals surface area contributed by atoms with Crippen LogP contribution < -0.4 is 26.4 Å². The molecular formula is C30H32N6O2. The van der Waals surface area contributed by atoms with Crippen LogP contribution in [0.15, 0.2) is 72.0 Å². The number of fused-ring (bicyclic) bond motifs is 1. The average molecular weight is 509 g/mol. The quantitative estimate of drug-likeness (QED) is 0.340. The van der Waals surface area contributed by atoms with Gasteiger partial charge in [0.05, 0.1) is 6.04 Å². The molecule has 2 fully saturated rings. The fourth-order valence-electron chi connectivity index (χ4n) is 4.92. The van der Waals surface area contributed by atoms with Crippen molar-refractivity contribution >= 4 is 29.2 Å². The third-order valence-corrected chi connectivity index (χ3v) is 7.26. The van der Waals surface area contributed by atoms with E-state index in [1.807, 2.05) is 54.7 Å². The topological polar surface area (TPSA) is 114 Å². The summed E-state index contributed by atoms with van der Waals surface area (Å²) in [7, 11) is 0. The Morgan fingerprint density at radius 1 is 1.03 bits per heavy atom. The molecule has 0 radical (unpaired) electrons. The number of nitrogens with two attached hydrogens (primary N) is 1. The van der Waals surface area contributed by atoms with Gasteiger partial charge in [-0.05, 0) is 80.6 Å². The minimum atomic E-state index is -0.420. The molecule has 3 aromatic rings. The molecule has 0 bridgehead atoms. The van der Waals surface area contributed by atoms with E-state index in [0.717, 1.165) is 42.6 Å². The Balaban J connectivity index is 1.13. The van der Waals surface area contributed by atoms with Crippen molar-refractivity contribution in [3.8, 4) is 5.75 Å². The molecule has 1 atom stereocenters. The van der Waals surface area contributed by atoms with Crippen LogP contribution >= 0.6 is 0 Å². The third kappa shape index (κ3) is 5.40. The molecule has 194 valence electrons. The number of nitrogens with zero attached hydrogens (tertiary/aromatic N) is 2. The summed E-state index contributed by atoms with van der Waals surface area (Å²) >= 11 is 0. The van der Waals surface area contributed by atoms with E-state index in [-0.39, 0.29) is 5.91 Å². The molecule has 0 spiro atoms. The number of benzene rings is 2. The van der Waals surface area contributed by atoms with Gasteiger partial charge in [-0.3, -0.25) is 9.79 Å². The summed E-state index contributed by atoms with van der Waals surface area (Å²) in [4.78, 5) is 22.2. The number of rotatable bonds is 7. The number of hydrogen-bond acceptors (Lipinski definition) is 7. The van der Waals surface area contributed by atoms with Crippen molar-refractivity contribution in [2.45, 2.75) is 43.9 Å². The predicted molar refractivity (Wildman–Crippen MR) is 151 cm³/mol. The molecule has 1 saturated carbocycles. The first-order valence-electron chi connectivity index (χ1n) is 13.3. The first-order valence-corrected chi connectivity index (χ1v) is 13.3. The summed E-state index contributed by atoms with van der Waals surface area (Å²) in [6.07, 6.45) is 9.21. The summed E-state index contributed by atoms with van der Waals surface area (Å²) < 4.78 is 6.21. The zero-order valence-electron chi connectivity index (χ0n) is 21.2. The van der Waals surface area contributed by atoms with Gasteiger partial charge in [-0.2, -0.15) is 0 Å². The van der Waals surface area contributed by atoms with E-state index >= 15 is 0 Å². The lowest BCUT2D eigenvalue weighted by molar-refractivity contribution is 0.102. The number of carbonyl (C=O) groups excluding carboxylic acids is 1. The Hall–Kier alpha value is -4.17. The Labute approximate surface area is 222 Å². The molecule has 38 heavy (non-hydrogen) atoms. The van der Waals surface area contributed by atoms with Gasteiger partial charge in [-0.25, -0.2) is 4.98 Å². The summed E-state index contributed by atoms with van der Waals surface area (Å²) in [6, 6.07) is 17.8. The van der Waals surface area contributed by atoms with Crippen LogP contribution in [0, 0.1) is 0 Å². The van der Waals surface area contributed by atoms with Gasteiger partial charge >= 0.3 is 0 Å². The second kappa shape index (κ2) is 10.7. The van der Waals surface area contributed by atoms with Crippen LogP contribution in [-0.2, 0) is 0 Å². The number of aliphatic imine (C=N–C) groups is 1. The van der Waals surface area contributed by atoms with E-state index in [1.165, 1.54) is 18.4 Å². The Kier molecular flexibility index (Phi) is 6.79. The standard InChI is InChI=1S/C30H32N6O2/c31-16-24(18-33-25-9-11-32-12-10-25)23-15-27-28(34-17-23)36-30(38-27)22-5-2-6-26(14-22)35-29(37)21-4-1-3-20(13-21)19-7-8-19/h1-6,13-19,25,30,32H,7-12,31H2,(H,34,36)(H,35,37). The van der Waals surface area contributed by atoms with Crippen LogP contribution in [0.1, 0.15) is 64.9 Å². The van der Waals surface area contributed by atoms with Crippen LogP contribution in [0.25, 0.3) is 5.57 Å². The fourth-order valence-corrected chi connectivity index (χ4v) is 4.92. The SMILES string of the molecule is NC=C(C=NC1CCNCC1)c1cnc2c(c1)OC(c1cccc(NC(=O)c3cccc(C4CC4)c3)c1)N2. The number of ether oxygens (including phenoxy) is 1. The summed E-state index contributed by atoms with van der Waals surface area (Å²) in [5, 5.41) is 9.70. The highest BCUT2D eigenvalue weighted by Gasteiger charge is 2.26. The number of amides is 1. The third-order valence-electron chi connectivity index (χ3n) is 7.26. The first kappa shape index (κ1) is 24.2. The Morgan fingerprint density at radius 2 is 1.84 bits per heavy atom. The lowest BCUT2D eigenvalue weighted by Gasteiger charge is -2.18. The van der Waals surface area contributed by atoms with Crippen molar-refractivity contribution in [1.29, 1.82) is 0 Å². The van der Waals surface area contributed by atoms with Crippen molar-refractivity contribution < 1.29 is 9.53 Å². The summed E-state index contributed by atoms with van der Waals surface area (Å²) in [5.41, 5.74) is 11.1. The maximum absolute atomic E-state index is 12.9. The first-order chi connectivity index (χ1) is 18.7. The van der Waals surface area contributed by atoms with Crippen molar-refractivity contribution in [2.24, 2.45) is 10.7 Å². The van der Waals surface area contributed by atoms with E-state index < -0.39 is 6.23 Å². The molecular weight excluding hydrogens is 476 g/mol. The Morgan fingerprint density at radius 3 is 2.66 bits per heavy atom. The molecule has 3 aliphatic rings. The largest absolute Gasteiger partial charge is 0.463 e. The lowest BCUT2D eigenvalue weighted by Crippen LogP contribution is -2.29. The number of piperidine rings is 1. The number of carbonyl (C=O) groups is 1. The molecule has 1 aromatic heterocycles. The van der Waals surface area contributed by atoms with Crippen LogP contribution in [0.5, 0.6) is 5.75 Å². The second-order valence-electron chi connectivity index (χ2n) is 10.1. The molecule has 8 heteroatoms. The summed E-state index contributed by atoms with van der Waals surface area (Å²) in [5.74, 6) is 1.79. The zero-order chi connectivity index (χ0) is 25.9. The van der Waals surface area contributed by atoms with Crippen LogP contribution in [-0.4, -0.2) is 36.2 Å². The van der Waals surface area contributed by atoms with Gasteiger partial charge in [0, 0.05) is 46.6 Å². The molecule has 1 saturated heterocycles. The highest BCUT2D eigenvalue weighted by Crippen LogP contribution is 2.40. The maximum atomic E-state index is 12.9. The summed E-state index contributed by atoms with van der Waals surface area (Å²) in [6.45, 7) is 1.98. The molecule has 3 heterocycles. The van der Waals surface area contributed by atoms with Crippen molar-refractivity contribution in [2.75, 3.05) is 23.7 Å². The van der Waals surface area contributed by atoms with Gasteiger partial charge in [-0.1, -0.05) is 24.3 Å². The van der Waals surface area contributed by atoms with Gasteiger partial charge in [0.2, 0.25) is 0 Å². The van der Waals surface area contributed by atoms with E-state index in [4.69, 9.17) is 15.5 Å². The predicted octanol–water partition coefficient (Wildman–Crippen LogP) is 4.84. The van der Waals surface area contributed by atoms with Gasteiger partial charge < -0.3 is 26.4 Å². The molecule has 5 N–H and O–H groups in total. The normalized spacial score (nSPS) is 19.6. The smallest absolute Gasteiger partial charge is 0.255 e. The van der Waals surface area contributed by atoms with E-state index in [0.29, 0.717) is 34.8 Å². The minimum absolute atomic E-state index is 0.119. The molecule has 2 aromatic carbocycles. The van der Waals surface area contributed by atoms with Gasteiger partial charge in [0.25, 0.3) is 5.91 Å². The van der Waals surface area contributed by atoms with E-state index in [1.54, 1.807) is 12.4 Å². The molecule has 1 amide bonds. The minimum Gasteiger partial charge on any atom is -0.463 e. The zero-order valence-corrected chi connectivity index (χ0v) is 21.2. The molecule has 6 rings (SSSR count). The van der Waals surface area contributed by atoms with E-state index in [9.17, 15) is 4.79 Å². The van der Waals surface area contributed by atoms with Gasteiger partial charge in [0.1, 0.15) is 0 Å². The average Bonchev–Trinajstić information content (AvgIpc) is 3.73. The fraction of sp³-hybridized carbons (Fsp3) is 0.300. The maximum Gasteiger partial charge on any atom is 0.255 e. The number of allylic oxidation sites excluding steroid dienone is 1. The van der Waals surface area contributed by atoms with Gasteiger partial charge in [0.15, 0.2) is 17.8 Å². The number of pyridine rings is 1. The molecule has 1 aliphatic carbocycles. The van der Waals surface area contributed by atoms with Crippen molar-refractivity contribution in [1.82, 2.24) is 10.3 Å².